The lowest BCUT2D eigenvalue weighted by atomic mass is 9.70. The van der Waals surface area contributed by atoms with E-state index in [0.717, 1.165) is 0 Å². The quantitative estimate of drug-likeness (QED) is 0.379. The molecule has 3 saturated heterocycles. The monoisotopic (exact) mass is 514 g/mol. The zero-order valence-electron chi connectivity index (χ0n) is 19.5. The molecule has 2 N–H and O–H groups in total. The third-order valence-corrected chi connectivity index (χ3v) is 7.83. The summed E-state index contributed by atoms with van der Waals surface area (Å²) in [6.07, 6.45) is 1.80. The summed E-state index contributed by atoms with van der Waals surface area (Å²) < 4.78 is 6.30. The van der Waals surface area contributed by atoms with Crippen molar-refractivity contribution in [3.05, 3.63) is 12.7 Å². The first kappa shape index (κ1) is 25.2. The maximum atomic E-state index is 14.1. The number of aliphatic carboxylic acids is 1. The van der Waals surface area contributed by atoms with Gasteiger partial charge in [-0.15, -0.1) is 6.58 Å². The van der Waals surface area contributed by atoms with Gasteiger partial charge in [0.25, 0.3) is 0 Å². The predicted octanol–water partition coefficient (Wildman–Crippen LogP) is 2.04. The highest BCUT2D eigenvalue weighted by molar-refractivity contribution is 9.09. The summed E-state index contributed by atoms with van der Waals surface area (Å²) in [7, 11) is 0. The normalized spacial score (nSPS) is 34.7. The molecule has 2 amide bonds. The minimum atomic E-state index is -1.24. The Labute approximate surface area is 198 Å². The van der Waals surface area contributed by atoms with E-state index in [1.165, 1.54) is 4.90 Å². The molecule has 0 aromatic carbocycles. The van der Waals surface area contributed by atoms with Gasteiger partial charge in [0, 0.05) is 16.9 Å². The van der Waals surface area contributed by atoms with Crippen LogP contribution in [0.1, 0.15) is 47.5 Å². The number of carboxylic acids is 1. The van der Waals surface area contributed by atoms with Crippen molar-refractivity contribution in [1.29, 1.82) is 0 Å². The molecule has 9 heteroatoms. The Morgan fingerprint density at radius 2 is 2.03 bits per heavy atom. The van der Waals surface area contributed by atoms with Gasteiger partial charge in [-0.1, -0.05) is 35.9 Å². The van der Waals surface area contributed by atoms with Crippen molar-refractivity contribution in [3.63, 3.8) is 0 Å². The minimum Gasteiger partial charge on any atom is -0.481 e. The number of aliphatic hydroxyl groups is 1. The third kappa shape index (κ3) is 3.80. The minimum absolute atomic E-state index is 0.164. The Hall–Kier alpha value is -1.45. The summed E-state index contributed by atoms with van der Waals surface area (Å²) in [5.41, 5.74) is -1.80. The van der Waals surface area contributed by atoms with Crippen LogP contribution in [0.15, 0.2) is 12.7 Å². The van der Waals surface area contributed by atoms with Gasteiger partial charge in [0.05, 0.1) is 30.6 Å². The second-order valence-corrected chi connectivity index (χ2v) is 11.8. The summed E-state index contributed by atoms with van der Waals surface area (Å²) in [5.74, 6) is -3.65. The molecule has 3 fully saturated rings. The van der Waals surface area contributed by atoms with Gasteiger partial charge < -0.3 is 24.7 Å². The van der Waals surface area contributed by atoms with Gasteiger partial charge in [0.2, 0.25) is 11.8 Å². The first-order chi connectivity index (χ1) is 14.8. The van der Waals surface area contributed by atoms with Gasteiger partial charge >= 0.3 is 5.97 Å². The van der Waals surface area contributed by atoms with E-state index in [1.807, 2.05) is 34.6 Å². The van der Waals surface area contributed by atoms with Gasteiger partial charge in [0.15, 0.2) is 0 Å². The standard InChI is InChI=1S/C23H35BrN2O6/c1-7-8-25(22(4,5)6)20(29)18-23-10-14(24)17(32-23)15(21(30)31)16(23)19(28)26(18)13(11-27)9-12(2)3/h7,12-18,27H,1,8-11H2,2-6H3,(H,30,31)/t13-,14?,15+,16-,17+,18+,23-/m1/s1. The molecule has 1 spiro atoms. The van der Waals surface area contributed by atoms with Crippen molar-refractivity contribution in [2.45, 2.75) is 81.6 Å². The van der Waals surface area contributed by atoms with Gasteiger partial charge in [-0.05, 0) is 39.5 Å². The summed E-state index contributed by atoms with van der Waals surface area (Å²) in [4.78, 5) is 42.9. The molecule has 32 heavy (non-hydrogen) atoms. The molecular formula is C23H35BrN2O6. The van der Waals surface area contributed by atoms with Crippen LogP contribution >= 0.6 is 15.9 Å². The lowest BCUT2D eigenvalue weighted by Gasteiger charge is -2.43. The SMILES string of the molecule is C=CCN(C(=O)[C@@H]1N([C@@H](CO)CC(C)C)C(=O)[C@H]2[C@H](C(=O)O)[C@H]3O[C@@]12CC3Br)C(C)(C)C. The Morgan fingerprint density at radius 1 is 1.41 bits per heavy atom. The fraction of sp³-hybridized carbons (Fsp3) is 0.783. The maximum Gasteiger partial charge on any atom is 0.310 e. The lowest BCUT2D eigenvalue weighted by molar-refractivity contribution is -0.155. The number of rotatable bonds is 8. The van der Waals surface area contributed by atoms with E-state index in [9.17, 15) is 24.6 Å². The molecule has 0 saturated carbocycles. The number of nitrogens with zero attached hydrogens (tertiary/aromatic N) is 2. The van der Waals surface area contributed by atoms with Crippen LogP contribution in [-0.2, 0) is 19.1 Å². The van der Waals surface area contributed by atoms with Crippen LogP contribution in [0.2, 0.25) is 0 Å². The molecule has 0 radical (unpaired) electrons. The molecule has 0 aromatic heterocycles. The largest absolute Gasteiger partial charge is 0.481 e. The molecular weight excluding hydrogens is 480 g/mol. The fourth-order valence-electron chi connectivity index (χ4n) is 5.81. The Balaban J connectivity index is 2.17. The first-order valence-corrected chi connectivity index (χ1v) is 12.1. The van der Waals surface area contributed by atoms with Crippen LogP contribution in [0, 0.1) is 17.8 Å². The molecule has 2 bridgehead atoms. The molecule has 180 valence electrons. The zero-order chi connectivity index (χ0) is 24.2. The molecule has 8 nitrogen and oxygen atoms in total. The van der Waals surface area contributed by atoms with Gasteiger partial charge in [-0.3, -0.25) is 14.4 Å². The predicted molar refractivity (Wildman–Crippen MR) is 122 cm³/mol. The van der Waals surface area contributed by atoms with E-state index in [-0.39, 0.29) is 29.8 Å². The van der Waals surface area contributed by atoms with E-state index in [1.54, 1.807) is 11.0 Å². The van der Waals surface area contributed by atoms with Crippen molar-refractivity contribution < 1.29 is 29.3 Å². The van der Waals surface area contributed by atoms with Gasteiger partial charge in [-0.25, -0.2) is 0 Å². The highest BCUT2D eigenvalue weighted by Gasteiger charge is 2.77. The molecule has 3 aliphatic rings. The fourth-order valence-corrected chi connectivity index (χ4v) is 6.76. The first-order valence-electron chi connectivity index (χ1n) is 11.2. The molecule has 0 aromatic rings. The summed E-state index contributed by atoms with van der Waals surface area (Å²) in [5, 5.41) is 20.2. The van der Waals surface area contributed by atoms with Gasteiger partial charge in [-0.2, -0.15) is 0 Å². The number of likely N-dealkylation sites (tertiary alicyclic amines) is 1. The smallest absolute Gasteiger partial charge is 0.310 e. The molecule has 0 aliphatic carbocycles. The summed E-state index contributed by atoms with van der Waals surface area (Å²) >= 11 is 3.54. The Bertz CT molecular complexity index is 796. The van der Waals surface area contributed by atoms with Crippen LogP contribution < -0.4 is 0 Å². The van der Waals surface area contributed by atoms with E-state index in [0.29, 0.717) is 12.8 Å². The number of carbonyl (C=O) groups excluding carboxylic acids is 2. The second kappa shape index (κ2) is 8.72. The van der Waals surface area contributed by atoms with Crippen LogP contribution in [0.3, 0.4) is 0 Å². The number of halogens is 1. The Morgan fingerprint density at radius 3 is 2.50 bits per heavy atom. The number of carbonyl (C=O) groups is 3. The summed E-state index contributed by atoms with van der Waals surface area (Å²) in [6.45, 7) is 13.4. The zero-order valence-corrected chi connectivity index (χ0v) is 21.0. The number of hydrogen-bond donors (Lipinski definition) is 2. The highest BCUT2D eigenvalue weighted by atomic mass is 79.9. The molecule has 3 aliphatic heterocycles. The Kier molecular flexibility index (Phi) is 6.86. The van der Waals surface area contributed by atoms with Crippen molar-refractivity contribution in [3.8, 4) is 0 Å². The van der Waals surface area contributed by atoms with E-state index in [4.69, 9.17) is 4.74 Å². The second-order valence-electron chi connectivity index (χ2n) is 10.6. The molecule has 7 atom stereocenters. The number of hydrogen-bond acceptors (Lipinski definition) is 5. The van der Waals surface area contributed by atoms with E-state index < -0.39 is 53.0 Å². The van der Waals surface area contributed by atoms with Crippen LogP contribution in [0.4, 0.5) is 0 Å². The number of ether oxygens (including phenoxy) is 1. The van der Waals surface area contributed by atoms with Gasteiger partial charge in [0.1, 0.15) is 11.6 Å². The van der Waals surface area contributed by atoms with Crippen LogP contribution in [0.25, 0.3) is 0 Å². The van der Waals surface area contributed by atoms with Crippen molar-refractivity contribution in [2.24, 2.45) is 17.8 Å². The number of fused-ring (bicyclic) bond motifs is 1. The molecule has 3 rings (SSSR count). The third-order valence-electron chi connectivity index (χ3n) is 6.98. The van der Waals surface area contributed by atoms with Crippen molar-refractivity contribution in [1.82, 2.24) is 9.80 Å². The topological polar surface area (TPSA) is 107 Å². The molecule has 3 heterocycles. The summed E-state index contributed by atoms with van der Waals surface area (Å²) in [6, 6.07) is -1.61. The van der Waals surface area contributed by atoms with E-state index >= 15 is 0 Å². The van der Waals surface area contributed by atoms with Crippen LogP contribution in [0.5, 0.6) is 0 Å². The highest BCUT2D eigenvalue weighted by Crippen LogP contribution is 2.60. The number of carboxylic acid groups (broad SMARTS) is 1. The molecule has 1 unspecified atom stereocenters. The van der Waals surface area contributed by atoms with Crippen molar-refractivity contribution >= 4 is 33.7 Å². The van der Waals surface area contributed by atoms with E-state index in [2.05, 4.69) is 22.5 Å². The van der Waals surface area contributed by atoms with Crippen LogP contribution in [-0.4, -0.2) is 85.1 Å². The number of alkyl halides is 1. The average Bonchev–Trinajstić information content (AvgIpc) is 3.26. The average molecular weight is 515 g/mol. The maximum absolute atomic E-state index is 14.1. The van der Waals surface area contributed by atoms with Crippen molar-refractivity contribution in [2.75, 3.05) is 13.2 Å². The number of amides is 2. The number of aliphatic hydroxyl groups excluding tert-OH is 1. The lowest BCUT2D eigenvalue weighted by Crippen LogP contribution is -2.62.